The summed E-state index contributed by atoms with van der Waals surface area (Å²) >= 11 is 1.57. The van der Waals surface area contributed by atoms with Gasteiger partial charge in [-0.15, -0.1) is 0 Å². The van der Waals surface area contributed by atoms with Crippen LogP contribution in [0.5, 0.6) is 0 Å². The van der Waals surface area contributed by atoms with Crippen molar-refractivity contribution in [1.82, 2.24) is 15.0 Å². The number of anilines is 5. The first-order valence-corrected chi connectivity index (χ1v) is 9.98. The van der Waals surface area contributed by atoms with E-state index in [0.717, 1.165) is 31.8 Å². The van der Waals surface area contributed by atoms with Gasteiger partial charge in [-0.25, -0.2) is 15.0 Å². The van der Waals surface area contributed by atoms with Crippen LogP contribution in [0.25, 0.3) is 21.0 Å². The summed E-state index contributed by atoms with van der Waals surface area (Å²) in [6.07, 6.45) is 1.49. The van der Waals surface area contributed by atoms with E-state index < -0.39 is 0 Å². The van der Waals surface area contributed by atoms with Crippen LogP contribution in [0.2, 0.25) is 0 Å². The van der Waals surface area contributed by atoms with Crippen molar-refractivity contribution < 1.29 is 0 Å². The molecule has 0 bridgehead atoms. The van der Waals surface area contributed by atoms with Gasteiger partial charge < -0.3 is 16.4 Å². The van der Waals surface area contributed by atoms with Gasteiger partial charge in [0.05, 0.1) is 10.2 Å². The van der Waals surface area contributed by atoms with E-state index in [4.69, 9.17) is 5.73 Å². The minimum absolute atomic E-state index is 0.441. The van der Waals surface area contributed by atoms with Gasteiger partial charge in [0.2, 0.25) is 0 Å². The molecule has 0 saturated carbocycles. The summed E-state index contributed by atoms with van der Waals surface area (Å²) in [6.45, 7) is 2.07. The van der Waals surface area contributed by atoms with Crippen molar-refractivity contribution in [2.45, 2.75) is 6.92 Å². The highest BCUT2D eigenvalue weighted by molar-refractivity contribution is 7.22. The Hall–Kier alpha value is -3.71. The predicted octanol–water partition coefficient (Wildman–Crippen LogP) is 5.62. The maximum atomic E-state index is 6.37. The maximum Gasteiger partial charge on any atom is 0.189 e. The maximum absolute atomic E-state index is 6.37. The lowest BCUT2D eigenvalue weighted by Crippen LogP contribution is -2.05. The Morgan fingerprint density at radius 3 is 2.59 bits per heavy atom. The molecule has 6 nitrogen and oxygen atoms in total. The summed E-state index contributed by atoms with van der Waals surface area (Å²) in [5.41, 5.74) is 9.90. The molecule has 0 atom stereocenters. The summed E-state index contributed by atoms with van der Waals surface area (Å²) in [7, 11) is 0. The second-order valence-electron chi connectivity index (χ2n) is 6.75. The molecule has 5 rings (SSSR count). The Morgan fingerprint density at radius 1 is 0.897 bits per heavy atom. The number of nitrogens with zero attached hydrogens (tertiary/aromatic N) is 3. The van der Waals surface area contributed by atoms with Crippen LogP contribution in [0.3, 0.4) is 0 Å². The molecule has 0 aliphatic heterocycles. The van der Waals surface area contributed by atoms with Crippen LogP contribution in [-0.2, 0) is 0 Å². The molecule has 142 valence electrons. The number of aryl methyl sites for hydroxylation is 1. The molecule has 0 unspecified atom stereocenters. The van der Waals surface area contributed by atoms with Gasteiger partial charge >= 0.3 is 0 Å². The first kappa shape index (κ1) is 17.4. The molecule has 0 aliphatic carbocycles. The Labute approximate surface area is 171 Å². The molecule has 5 aromatic rings. The van der Waals surface area contributed by atoms with Crippen molar-refractivity contribution in [2.24, 2.45) is 0 Å². The van der Waals surface area contributed by atoms with E-state index in [-0.39, 0.29) is 0 Å². The van der Waals surface area contributed by atoms with Gasteiger partial charge in [0.15, 0.2) is 16.8 Å². The van der Waals surface area contributed by atoms with Crippen LogP contribution in [0.1, 0.15) is 5.56 Å². The number of nitrogen functional groups attached to an aromatic ring is 1. The fourth-order valence-corrected chi connectivity index (χ4v) is 4.21. The molecular formula is C22H18N6S. The fraction of sp³-hybridized carbons (Fsp3) is 0.0455. The van der Waals surface area contributed by atoms with Crippen LogP contribution < -0.4 is 16.4 Å². The molecular weight excluding hydrogens is 380 g/mol. The van der Waals surface area contributed by atoms with Crippen molar-refractivity contribution in [3.8, 4) is 0 Å². The van der Waals surface area contributed by atoms with Crippen molar-refractivity contribution in [2.75, 3.05) is 16.4 Å². The van der Waals surface area contributed by atoms with Gasteiger partial charge in [-0.05, 0) is 36.1 Å². The van der Waals surface area contributed by atoms with Gasteiger partial charge in [0.25, 0.3) is 0 Å². The molecule has 0 spiro atoms. The van der Waals surface area contributed by atoms with E-state index in [1.165, 1.54) is 11.9 Å². The zero-order chi connectivity index (χ0) is 19.8. The lowest BCUT2D eigenvalue weighted by atomic mass is 10.1. The number of thiazole rings is 1. The van der Waals surface area contributed by atoms with E-state index in [9.17, 15) is 0 Å². The Bertz CT molecular complexity index is 1340. The molecule has 0 fully saturated rings. The van der Waals surface area contributed by atoms with E-state index in [0.29, 0.717) is 17.3 Å². The number of fused-ring (bicyclic) bond motifs is 2. The lowest BCUT2D eigenvalue weighted by Gasteiger charge is -2.13. The van der Waals surface area contributed by atoms with Crippen LogP contribution in [0.4, 0.5) is 28.1 Å². The van der Waals surface area contributed by atoms with Crippen LogP contribution in [0.15, 0.2) is 67.0 Å². The van der Waals surface area contributed by atoms with E-state index >= 15 is 0 Å². The van der Waals surface area contributed by atoms with Gasteiger partial charge in [-0.1, -0.05) is 53.8 Å². The number of rotatable bonds is 4. The second kappa shape index (κ2) is 7.03. The predicted molar refractivity (Wildman–Crippen MR) is 121 cm³/mol. The van der Waals surface area contributed by atoms with Gasteiger partial charge in [0.1, 0.15) is 12.0 Å². The largest absolute Gasteiger partial charge is 0.393 e. The normalized spacial score (nSPS) is 11.1. The number of hydrogen-bond acceptors (Lipinski definition) is 7. The minimum Gasteiger partial charge on any atom is -0.393 e. The van der Waals surface area contributed by atoms with Crippen LogP contribution in [-0.4, -0.2) is 15.0 Å². The second-order valence-corrected chi connectivity index (χ2v) is 7.78. The minimum atomic E-state index is 0.441. The molecule has 29 heavy (non-hydrogen) atoms. The average Bonchev–Trinajstić information content (AvgIpc) is 3.12. The zero-order valence-corrected chi connectivity index (χ0v) is 16.5. The standard InChI is InChI=1S/C22H18N6S/c1-13-9-10-17-18(11-13)29-22(27-17)28-21-19(23)20(24-12-25-21)26-16-8-4-6-14-5-2-3-7-15(14)16/h2-12H,23H2,1H3,(H2,24,25,26,27,28). The first-order chi connectivity index (χ1) is 14.2. The van der Waals surface area contributed by atoms with Crippen LogP contribution >= 0.6 is 11.3 Å². The molecule has 3 aromatic carbocycles. The zero-order valence-electron chi connectivity index (χ0n) is 15.7. The highest BCUT2D eigenvalue weighted by Gasteiger charge is 2.12. The van der Waals surface area contributed by atoms with Gasteiger partial charge in [-0.3, -0.25) is 0 Å². The van der Waals surface area contributed by atoms with E-state index in [1.54, 1.807) is 11.3 Å². The summed E-state index contributed by atoms with van der Waals surface area (Å²) in [4.78, 5) is 13.3. The lowest BCUT2D eigenvalue weighted by molar-refractivity contribution is 1.17. The number of nitrogens with one attached hydrogen (secondary N) is 2. The van der Waals surface area contributed by atoms with Gasteiger partial charge in [-0.2, -0.15) is 0 Å². The molecule has 0 amide bonds. The monoisotopic (exact) mass is 398 g/mol. The third-order valence-corrected chi connectivity index (χ3v) is 5.63. The summed E-state index contributed by atoms with van der Waals surface area (Å²) in [6, 6.07) is 20.5. The molecule has 4 N–H and O–H groups in total. The molecule has 2 aromatic heterocycles. The topological polar surface area (TPSA) is 88.8 Å². The van der Waals surface area contributed by atoms with Crippen molar-refractivity contribution in [3.05, 3.63) is 72.6 Å². The number of nitrogens with two attached hydrogens (primary N) is 1. The third-order valence-electron chi connectivity index (χ3n) is 4.70. The summed E-state index contributed by atoms with van der Waals surface area (Å²) in [5.74, 6) is 1.08. The molecule has 0 aliphatic rings. The third kappa shape index (κ3) is 3.32. The molecule has 0 radical (unpaired) electrons. The Kier molecular flexibility index (Phi) is 4.22. The molecule has 2 heterocycles. The van der Waals surface area contributed by atoms with Crippen LogP contribution in [0, 0.1) is 6.92 Å². The van der Waals surface area contributed by atoms with Crippen molar-refractivity contribution in [3.63, 3.8) is 0 Å². The number of hydrogen-bond donors (Lipinski definition) is 3. The summed E-state index contributed by atoms with van der Waals surface area (Å²) in [5, 5.41) is 9.57. The Morgan fingerprint density at radius 2 is 1.69 bits per heavy atom. The quantitative estimate of drug-likeness (QED) is 0.364. The summed E-state index contributed by atoms with van der Waals surface area (Å²) < 4.78 is 1.12. The van der Waals surface area contributed by atoms with Crippen molar-refractivity contribution >= 4 is 60.5 Å². The highest BCUT2D eigenvalue weighted by atomic mass is 32.1. The first-order valence-electron chi connectivity index (χ1n) is 9.17. The smallest absolute Gasteiger partial charge is 0.189 e. The average molecular weight is 398 g/mol. The van der Waals surface area contributed by atoms with E-state index in [1.807, 2.05) is 30.3 Å². The molecule has 7 heteroatoms. The SMILES string of the molecule is Cc1ccc2nc(Nc3ncnc(Nc4cccc5ccccc45)c3N)sc2c1. The number of aromatic nitrogens is 3. The number of benzene rings is 3. The highest BCUT2D eigenvalue weighted by Crippen LogP contribution is 2.33. The Balaban J connectivity index is 1.47. The van der Waals surface area contributed by atoms with Crippen molar-refractivity contribution in [1.29, 1.82) is 0 Å². The van der Waals surface area contributed by atoms with E-state index in [2.05, 4.69) is 62.8 Å². The molecule has 0 saturated heterocycles. The fourth-order valence-electron chi connectivity index (χ4n) is 3.24. The van der Waals surface area contributed by atoms with Gasteiger partial charge in [0, 0.05) is 11.1 Å².